The van der Waals surface area contributed by atoms with Gasteiger partial charge in [0.05, 0.1) is 18.3 Å². The molecule has 1 N–H and O–H groups in total. The Bertz CT molecular complexity index is 953. The van der Waals surface area contributed by atoms with Gasteiger partial charge in [-0.05, 0) is 23.6 Å². The smallest absolute Gasteiger partial charge is 0.419 e. The number of thiophene rings is 1. The molecule has 0 aliphatic heterocycles. The highest BCUT2D eigenvalue weighted by Gasteiger charge is 2.16. The molecule has 0 fully saturated rings. The zero-order chi connectivity index (χ0) is 17.1. The molecular weight excluding hydrogens is 332 g/mol. The van der Waals surface area contributed by atoms with E-state index in [2.05, 4.69) is 10.1 Å². The van der Waals surface area contributed by atoms with Crippen molar-refractivity contribution in [2.75, 3.05) is 12.4 Å². The number of carbonyl (C=O) groups is 2. The summed E-state index contributed by atoms with van der Waals surface area (Å²) >= 11 is 1.18. The Labute approximate surface area is 140 Å². The number of amides is 1. The molecule has 8 heteroatoms. The lowest BCUT2D eigenvalue weighted by Gasteiger charge is -2.06. The Morgan fingerprint density at radius 3 is 2.88 bits per heavy atom. The van der Waals surface area contributed by atoms with E-state index in [1.807, 2.05) is 0 Å². The van der Waals surface area contributed by atoms with Gasteiger partial charge in [0, 0.05) is 13.0 Å². The normalized spacial score (nSPS) is 10.7. The molecule has 1 amide bonds. The number of anilines is 1. The number of rotatable bonds is 5. The first-order valence-corrected chi connectivity index (χ1v) is 8.02. The van der Waals surface area contributed by atoms with E-state index in [1.54, 1.807) is 35.7 Å². The van der Waals surface area contributed by atoms with Crippen molar-refractivity contribution < 1.29 is 18.7 Å². The first-order chi connectivity index (χ1) is 11.6. The number of esters is 1. The molecule has 1 aromatic carbocycles. The third-order valence-electron chi connectivity index (χ3n) is 3.45. The van der Waals surface area contributed by atoms with E-state index in [0.717, 1.165) is 0 Å². The van der Waals surface area contributed by atoms with E-state index < -0.39 is 11.7 Å². The van der Waals surface area contributed by atoms with Crippen LogP contribution in [0.2, 0.25) is 0 Å². The lowest BCUT2D eigenvalue weighted by molar-refractivity contribution is -0.116. The summed E-state index contributed by atoms with van der Waals surface area (Å²) in [5.74, 6) is -1.32. The zero-order valence-electron chi connectivity index (χ0n) is 12.8. The van der Waals surface area contributed by atoms with Crippen molar-refractivity contribution >= 4 is 40.0 Å². The van der Waals surface area contributed by atoms with Crippen molar-refractivity contribution in [3.05, 3.63) is 51.1 Å². The van der Waals surface area contributed by atoms with Gasteiger partial charge in [0.1, 0.15) is 4.88 Å². The van der Waals surface area contributed by atoms with Crippen LogP contribution in [0.5, 0.6) is 0 Å². The van der Waals surface area contributed by atoms with Gasteiger partial charge in [-0.25, -0.2) is 9.59 Å². The van der Waals surface area contributed by atoms with Gasteiger partial charge in [0.25, 0.3) is 0 Å². The van der Waals surface area contributed by atoms with Crippen molar-refractivity contribution in [3.63, 3.8) is 0 Å². The van der Waals surface area contributed by atoms with E-state index in [-0.39, 0.29) is 18.9 Å². The van der Waals surface area contributed by atoms with Crippen LogP contribution in [0.25, 0.3) is 11.1 Å². The number of benzene rings is 1. The van der Waals surface area contributed by atoms with Crippen LogP contribution < -0.4 is 11.1 Å². The van der Waals surface area contributed by atoms with Crippen molar-refractivity contribution in [3.8, 4) is 0 Å². The summed E-state index contributed by atoms with van der Waals surface area (Å²) in [7, 11) is 1.28. The van der Waals surface area contributed by atoms with Crippen LogP contribution in [0.15, 0.2) is 44.9 Å². The molecular formula is C16H14N2O5S. The molecule has 0 radical (unpaired) electrons. The van der Waals surface area contributed by atoms with Gasteiger partial charge in [-0.3, -0.25) is 9.36 Å². The molecule has 0 bridgehead atoms. The predicted molar refractivity (Wildman–Crippen MR) is 89.4 cm³/mol. The third kappa shape index (κ3) is 3.09. The van der Waals surface area contributed by atoms with E-state index in [9.17, 15) is 14.4 Å². The minimum atomic E-state index is -0.505. The highest BCUT2D eigenvalue weighted by molar-refractivity contribution is 7.12. The van der Waals surface area contributed by atoms with Crippen molar-refractivity contribution in [1.29, 1.82) is 0 Å². The molecule has 3 aromatic rings. The van der Waals surface area contributed by atoms with Crippen LogP contribution >= 0.6 is 11.3 Å². The lowest BCUT2D eigenvalue weighted by atomic mass is 10.3. The topological polar surface area (TPSA) is 90.5 Å². The molecule has 0 atom stereocenters. The summed E-state index contributed by atoms with van der Waals surface area (Å²) in [6.07, 6.45) is 0.0693. The molecule has 2 heterocycles. The second-order valence-electron chi connectivity index (χ2n) is 4.94. The molecule has 0 aliphatic rings. The van der Waals surface area contributed by atoms with Crippen molar-refractivity contribution in [2.24, 2.45) is 0 Å². The minimum Gasteiger partial charge on any atom is -0.465 e. The maximum atomic E-state index is 12.1. The number of para-hydroxylation sites is 2. The molecule has 0 unspecified atom stereocenters. The number of aryl methyl sites for hydroxylation is 1. The zero-order valence-corrected chi connectivity index (χ0v) is 13.6. The standard InChI is InChI=1S/C16H14N2O5S/c1-22-15(20)14-10(7-9-24-14)17-13(19)6-8-18-11-4-2-3-5-12(11)23-16(18)21/h2-5,7,9H,6,8H2,1H3,(H,17,19). The molecule has 0 saturated carbocycles. The average molecular weight is 346 g/mol. The van der Waals surface area contributed by atoms with Gasteiger partial charge >= 0.3 is 11.7 Å². The van der Waals surface area contributed by atoms with Crippen molar-refractivity contribution in [1.82, 2.24) is 4.57 Å². The largest absolute Gasteiger partial charge is 0.465 e. The monoisotopic (exact) mass is 346 g/mol. The fraction of sp³-hybridized carbons (Fsp3) is 0.188. The van der Waals surface area contributed by atoms with E-state index >= 15 is 0 Å². The number of nitrogens with zero attached hydrogens (tertiary/aromatic N) is 1. The Morgan fingerprint density at radius 2 is 2.08 bits per heavy atom. The molecule has 7 nitrogen and oxygen atoms in total. The Morgan fingerprint density at radius 1 is 1.29 bits per heavy atom. The van der Waals surface area contributed by atoms with Crippen LogP contribution in [-0.2, 0) is 16.1 Å². The predicted octanol–water partition coefficient (Wildman–Crippen LogP) is 2.47. The maximum absolute atomic E-state index is 12.1. The number of methoxy groups -OCH3 is 1. The second-order valence-corrected chi connectivity index (χ2v) is 5.86. The quantitative estimate of drug-likeness (QED) is 0.717. The van der Waals surface area contributed by atoms with Gasteiger partial charge in [-0.15, -0.1) is 11.3 Å². The molecule has 0 spiro atoms. The van der Waals surface area contributed by atoms with E-state index in [4.69, 9.17) is 4.42 Å². The van der Waals surface area contributed by atoms with E-state index in [0.29, 0.717) is 21.7 Å². The van der Waals surface area contributed by atoms with Gasteiger partial charge in [0.2, 0.25) is 5.91 Å². The SMILES string of the molecule is COC(=O)c1sccc1NC(=O)CCn1c(=O)oc2ccccc21. The summed E-state index contributed by atoms with van der Waals surface area (Å²) in [5, 5.41) is 4.35. The fourth-order valence-corrected chi connectivity index (χ4v) is 3.08. The molecule has 124 valence electrons. The molecule has 2 aromatic heterocycles. The third-order valence-corrected chi connectivity index (χ3v) is 4.34. The summed E-state index contributed by atoms with van der Waals surface area (Å²) in [5.41, 5.74) is 1.52. The second kappa shape index (κ2) is 6.71. The van der Waals surface area contributed by atoms with Crippen LogP contribution in [0, 0.1) is 0 Å². The van der Waals surface area contributed by atoms with Gasteiger partial charge in [-0.1, -0.05) is 12.1 Å². The summed E-state index contributed by atoms with van der Waals surface area (Å²) in [4.78, 5) is 35.9. The molecule has 3 rings (SSSR count). The summed E-state index contributed by atoms with van der Waals surface area (Å²) in [6, 6.07) is 8.65. The lowest BCUT2D eigenvalue weighted by Crippen LogP contribution is -2.20. The number of aromatic nitrogens is 1. The fourth-order valence-electron chi connectivity index (χ4n) is 2.31. The number of hydrogen-bond donors (Lipinski definition) is 1. The number of hydrogen-bond acceptors (Lipinski definition) is 6. The highest BCUT2D eigenvalue weighted by Crippen LogP contribution is 2.23. The number of carbonyl (C=O) groups excluding carboxylic acids is 2. The summed E-state index contributed by atoms with van der Waals surface area (Å²) in [6.45, 7) is 0.180. The number of oxazole rings is 1. The first kappa shape index (κ1) is 16.0. The van der Waals surface area contributed by atoms with Crippen LogP contribution in [0.1, 0.15) is 16.1 Å². The van der Waals surface area contributed by atoms with Gasteiger partial charge in [0.15, 0.2) is 5.58 Å². The number of fused-ring (bicyclic) bond motifs is 1. The maximum Gasteiger partial charge on any atom is 0.419 e. The first-order valence-electron chi connectivity index (χ1n) is 7.14. The van der Waals surface area contributed by atoms with Crippen molar-refractivity contribution in [2.45, 2.75) is 13.0 Å². The minimum absolute atomic E-state index is 0.0693. The number of nitrogens with one attached hydrogen (secondary N) is 1. The Kier molecular flexibility index (Phi) is 4.48. The Balaban J connectivity index is 1.70. The summed E-state index contributed by atoms with van der Waals surface area (Å²) < 4.78 is 11.2. The number of ether oxygens (including phenoxy) is 1. The molecule has 0 aliphatic carbocycles. The van der Waals surface area contributed by atoms with E-state index in [1.165, 1.54) is 23.0 Å². The molecule has 0 saturated heterocycles. The van der Waals surface area contributed by atoms with Gasteiger partial charge in [-0.2, -0.15) is 0 Å². The molecule has 24 heavy (non-hydrogen) atoms. The average Bonchev–Trinajstić information content (AvgIpc) is 3.15. The van der Waals surface area contributed by atoms with Gasteiger partial charge < -0.3 is 14.5 Å². The van der Waals surface area contributed by atoms with Crippen LogP contribution in [-0.4, -0.2) is 23.6 Å². The van der Waals surface area contributed by atoms with Crippen LogP contribution in [0.4, 0.5) is 5.69 Å². The Hall–Kier alpha value is -2.87. The van der Waals surface area contributed by atoms with Crippen LogP contribution in [0.3, 0.4) is 0 Å². The highest BCUT2D eigenvalue weighted by atomic mass is 32.1.